The molecule has 1 aliphatic heterocycles. The SMILES string of the molecule is NC1(CCCCc2ccc(Oc3cccc(OCc4ccccc4)c3)cc2Cl)COP(=O)(O)OC1. The van der Waals surface area contributed by atoms with Crippen LogP contribution in [-0.4, -0.2) is 23.6 Å². The van der Waals surface area contributed by atoms with Crippen LogP contribution < -0.4 is 15.2 Å². The van der Waals surface area contributed by atoms with E-state index in [1.165, 1.54) is 0 Å². The molecule has 1 fully saturated rings. The van der Waals surface area contributed by atoms with E-state index in [1.807, 2.05) is 66.7 Å². The Morgan fingerprint density at radius 2 is 1.66 bits per heavy atom. The molecule has 1 saturated heterocycles. The number of phosphoric acid groups is 1. The maximum atomic E-state index is 11.3. The molecular weight excluding hydrogens is 489 g/mol. The van der Waals surface area contributed by atoms with Crippen LogP contribution in [0.1, 0.15) is 30.4 Å². The molecule has 3 N–H and O–H groups in total. The van der Waals surface area contributed by atoms with Crippen molar-refractivity contribution in [2.75, 3.05) is 13.2 Å². The van der Waals surface area contributed by atoms with Crippen LogP contribution in [0, 0.1) is 0 Å². The van der Waals surface area contributed by atoms with Crippen molar-refractivity contribution in [3.05, 3.63) is 88.9 Å². The zero-order valence-corrected chi connectivity index (χ0v) is 20.9. The highest BCUT2D eigenvalue weighted by atomic mass is 35.5. The Balaban J connectivity index is 1.25. The van der Waals surface area contributed by atoms with Crippen molar-refractivity contribution in [1.29, 1.82) is 0 Å². The molecule has 35 heavy (non-hydrogen) atoms. The molecule has 0 spiro atoms. The lowest BCUT2D eigenvalue weighted by molar-refractivity contribution is 0.0360. The van der Waals surface area contributed by atoms with Gasteiger partial charge >= 0.3 is 7.82 Å². The monoisotopic (exact) mass is 517 g/mol. The third-order valence-corrected chi connectivity index (χ3v) is 6.98. The zero-order chi connectivity index (χ0) is 24.7. The van der Waals surface area contributed by atoms with Gasteiger partial charge in [-0.15, -0.1) is 0 Å². The van der Waals surface area contributed by atoms with Gasteiger partial charge in [-0.3, -0.25) is 9.05 Å². The van der Waals surface area contributed by atoms with Crippen LogP contribution >= 0.6 is 19.4 Å². The predicted molar refractivity (Wildman–Crippen MR) is 135 cm³/mol. The van der Waals surface area contributed by atoms with Gasteiger partial charge in [-0.25, -0.2) is 4.57 Å². The first-order valence-corrected chi connectivity index (χ1v) is 13.3. The first-order chi connectivity index (χ1) is 16.8. The molecule has 9 heteroatoms. The molecule has 3 aromatic carbocycles. The maximum Gasteiger partial charge on any atom is 0.472 e. The highest BCUT2D eigenvalue weighted by Crippen LogP contribution is 2.48. The van der Waals surface area contributed by atoms with Crippen LogP contribution in [-0.2, 0) is 26.6 Å². The van der Waals surface area contributed by atoms with Crippen molar-refractivity contribution in [3.8, 4) is 17.2 Å². The number of unbranched alkanes of at least 4 members (excludes halogenated alkanes) is 1. The Kier molecular flexibility index (Phi) is 8.50. The molecule has 0 bridgehead atoms. The smallest absolute Gasteiger partial charge is 0.472 e. The van der Waals surface area contributed by atoms with E-state index in [0.717, 1.165) is 36.1 Å². The lowest BCUT2D eigenvalue weighted by Crippen LogP contribution is -2.50. The summed E-state index contributed by atoms with van der Waals surface area (Å²) in [5, 5.41) is 0.631. The minimum absolute atomic E-state index is 0.00602. The number of rotatable bonds is 10. The average Bonchev–Trinajstić information content (AvgIpc) is 2.85. The van der Waals surface area contributed by atoms with Gasteiger partial charge in [0.15, 0.2) is 0 Å². The fourth-order valence-corrected chi connectivity index (χ4v) is 4.91. The molecule has 1 aliphatic rings. The lowest BCUT2D eigenvalue weighted by atomic mass is 9.94. The van der Waals surface area contributed by atoms with Crippen molar-refractivity contribution in [2.24, 2.45) is 5.73 Å². The van der Waals surface area contributed by atoms with E-state index >= 15 is 0 Å². The van der Waals surface area contributed by atoms with E-state index in [1.54, 1.807) is 6.07 Å². The number of phosphoric ester groups is 1. The fraction of sp³-hybridized carbons (Fsp3) is 0.308. The second-order valence-electron chi connectivity index (χ2n) is 8.69. The van der Waals surface area contributed by atoms with E-state index in [-0.39, 0.29) is 13.2 Å². The Hall–Kier alpha value is -2.38. The number of ether oxygens (including phenoxy) is 2. The van der Waals surface area contributed by atoms with Gasteiger partial charge in [0, 0.05) is 11.1 Å². The van der Waals surface area contributed by atoms with Crippen molar-refractivity contribution >= 4 is 19.4 Å². The number of aryl methyl sites for hydroxylation is 1. The van der Waals surface area contributed by atoms with Gasteiger partial charge in [0.1, 0.15) is 23.9 Å². The zero-order valence-electron chi connectivity index (χ0n) is 19.3. The van der Waals surface area contributed by atoms with Gasteiger partial charge in [-0.05, 0) is 54.7 Å². The Labute approximate surface area is 210 Å². The number of nitrogens with two attached hydrogens (primary N) is 1. The van der Waals surface area contributed by atoms with Crippen LogP contribution in [0.3, 0.4) is 0 Å². The first-order valence-electron chi connectivity index (χ1n) is 11.4. The lowest BCUT2D eigenvalue weighted by Gasteiger charge is -2.34. The fourth-order valence-electron chi connectivity index (χ4n) is 3.73. The molecule has 7 nitrogen and oxygen atoms in total. The van der Waals surface area contributed by atoms with Crippen LogP contribution in [0.4, 0.5) is 0 Å². The molecule has 1 heterocycles. The standard InChI is InChI=1S/C26H29ClNO6P/c27-25-16-24(34-23-11-6-10-22(15-23)31-17-20-7-2-1-3-8-20)13-12-21(25)9-4-5-14-26(28)18-32-35(29,30)33-19-26/h1-3,6-8,10-13,15-16H,4-5,9,14,17-19,28H2,(H,29,30). The molecule has 0 radical (unpaired) electrons. The third kappa shape index (κ3) is 7.80. The summed E-state index contributed by atoms with van der Waals surface area (Å²) in [5.74, 6) is 2.03. The summed E-state index contributed by atoms with van der Waals surface area (Å²) in [5.41, 5.74) is 7.57. The minimum Gasteiger partial charge on any atom is -0.489 e. The van der Waals surface area contributed by atoms with Crippen molar-refractivity contribution in [1.82, 2.24) is 0 Å². The quantitative estimate of drug-likeness (QED) is 0.241. The van der Waals surface area contributed by atoms with Gasteiger partial charge < -0.3 is 20.1 Å². The first kappa shape index (κ1) is 25.7. The van der Waals surface area contributed by atoms with Crippen molar-refractivity contribution in [2.45, 2.75) is 37.8 Å². The second kappa shape index (κ2) is 11.6. The summed E-state index contributed by atoms with van der Waals surface area (Å²) < 4.78 is 32.9. The van der Waals surface area contributed by atoms with Gasteiger partial charge in [0.2, 0.25) is 0 Å². The second-order valence-corrected chi connectivity index (χ2v) is 10.6. The Bertz CT molecular complexity index is 1160. The van der Waals surface area contributed by atoms with Crippen LogP contribution in [0.2, 0.25) is 5.02 Å². The largest absolute Gasteiger partial charge is 0.489 e. The predicted octanol–water partition coefficient (Wildman–Crippen LogP) is 6.27. The molecule has 0 amide bonds. The summed E-state index contributed by atoms with van der Waals surface area (Å²) >= 11 is 6.50. The normalized spacial score (nSPS) is 22.0. The molecule has 0 aromatic heterocycles. The van der Waals surface area contributed by atoms with Gasteiger partial charge in [0.25, 0.3) is 0 Å². The van der Waals surface area contributed by atoms with Crippen molar-refractivity contribution in [3.63, 3.8) is 0 Å². The number of halogens is 1. The van der Waals surface area contributed by atoms with Crippen LogP contribution in [0.15, 0.2) is 72.8 Å². The molecule has 0 aliphatic carbocycles. The van der Waals surface area contributed by atoms with Crippen LogP contribution in [0.25, 0.3) is 0 Å². The van der Waals surface area contributed by atoms with E-state index in [9.17, 15) is 9.46 Å². The number of hydrogen-bond donors (Lipinski definition) is 2. The summed E-state index contributed by atoms with van der Waals surface area (Å²) in [6, 6.07) is 23.1. The summed E-state index contributed by atoms with van der Waals surface area (Å²) in [6.07, 6.45) is 3.06. The summed E-state index contributed by atoms with van der Waals surface area (Å²) in [7, 11) is -3.93. The van der Waals surface area contributed by atoms with Gasteiger partial charge in [-0.2, -0.15) is 0 Å². The topological polar surface area (TPSA) is 100 Å². The number of benzene rings is 3. The highest BCUT2D eigenvalue weighted by Gasteiger charge is 2.38. The van der Waals surface area contributed by atoms with E-state index in [2.05, 4.69) is 0 Å². The van der Waals surface area contributed by atoms with E-state index in [0.29, 0.717) is 29.5 Å². The van der Waals surface area contributed by atoms with Crippen LogP contribution in [0.5, 0.6) is 17.2 Å². The molecule has 0 saturated carbocycles. The Morgan fingerprint density at radius 1 is 0.943 bits per heavy atom. The molecule has 4 rings (SSSR count). The highest BCUT2D eigenvalue weighted by molar-refractivity contribution is 7.47. The molecule has 0 atom stereocenters. The Morgan fingerprint density at radius 3 is 2.40 bits per heavy atom. The molecular formula is C26H29ClNO6P. The molecule has 186 valence electrons. The van der Waals surface area contributed by atoms with E-state index in [4.69, 9.17) is 35.9 Å². The average molecular weight is 518 g/mol. The van der Waals surface area contributed by atoms with Gasteiger partial charge in [0.05, 0.1) is 18.8 Å². The number of hydrogen-bond acceptors (Lipinski definition) is 6. The minimum atomic E-state index is -3.93. The van der Waals surface area contributed by atoms with Crippen molar-refractivity contribution < 1.29 is 28.0 Å². The summed E-state index contributed by atoms with van der Waals surface area (Å²) in [4.78, 5) is 9.28. The maximum absolute atomic E-state index is 11.3. The third-order valence-electron chi connectivity index (χ3n) is 5.72. The molecule has 0 unspecified atom stereocenters. The molecule has 3 aromatic rings. The van der Waals surface area contributed by atoms with E-state index < -0.39 is 13.4 Å². The summed E-state index contributed by atoms with van der Waals surface area (Å²) in [6.45, 7) is 0.497. The van der Waals surface area contributed by atoms with Gasteiger partial charge in [-0.1, -0.05) is 60.5 Å².